The standard InChI is InChI=1S/C25H31N/c1-4-19(3)25(5-2)26-22-16-17-23(20-12-8-6-9-13-20)24(18-22)21-14-10-7-11-15-21/h7-8,10-19,25-26H,4-6,9H2,1-3H3. The fourth-order valence-electron chi connectivity index (χ4n) is 3.70. The molecule has 3 rings (SSSR count). The smallest absolute Gasteiger partial charge is 0.0349 e. The Kier molecular flexibility index (Phi) is 6.33. The van der Waals surface area contributed by atoms with E-state index in [2.05, 4.69) is 92.8 Å². The van der Waals surface area contributed by atoms with Crippen molar-refractivity contribution in [2.24, 2.45) is 5.92 Å². The second-order valence-corrected chi connectivity index (χ2v) is 7.31. The van der Waals surface area contributed by atoms with Crippen molar-refractivity contribution in [2.45, 2.75) is 52.5 Å². The molecular formula is C25H31N. The van der Waals surface area contributed by atoms with Gasteiger partial charge in [-0.2, -0.15) is 0 Å². The molecule has 136 valence electrons. The number of anilines is 1. The van der Waals surface area contributed by atoms with E-state index in [1.165, 1.54) is 34.4 Å². The summed E-state index contributed by atoms with van der Waals surface area (Å²) in [5.74, 6) is 0.670. The molecule has 2 atom stereocenters. The molecule has 1 aliphatic carbocycles. The molecule has 0 heterocycles. The second-order valence-electron chi connectivity index (χ2n) is 7.31. The van der Waals surface area contributed by atoms with Crippen LogP contribution in [0.5, 0.6) is 0 Å². The van der Waals surface area contributed by atoms with E-state index in [0.717, 1.165) is 19.3 Å². The highest BCUT2D eigenvalue weighted by atomic mass is 14.9. The molecule has 26 heavy (non-hydrogen) atoms. The molecule has 2 aromatic rings. The van der Waals surface area contributed by atoms with Crippen LogP contribution in [0.2, 0.25) is 0 Å². The van der Waals surface area contributed by atoms with Crippen molar-refractivity contribution in [3.8, 4) is 11.1 Å². The summed E-state index contributed by atoms with van der Waals surface area (Å²) in [6, 6.07) is 18.1. The minimum Gasteiger partial charge on any atom is -0.382 e. The Bertz CT molecular complexity index is 770. The monoisotopic (exact) mass is 345 g/mol. The van der Waals surface area contributed by atoms with E-state index in [1.807, 2.05) is 0 Å². The zero-order chi connectivity index (χ0) is 18.4. The fourth-order valence-corrected chi connectivity index (χ4v) is 3.70. The van der Waals surface area contributed by atoms with Crippen molar-refractivity contribution >= 4 is 11.3 Å². The van der Waals surface area contributed by atoms with Gasteiger partial charge in [-0.3, -0.25) is 0 Å². The van der Waals surface area contributed by atoms with Gasteiger partial charge in [-0.1, -0.05) is 81.8 Å². The summed E-state index contributed by atoms with van der Waals surface area (Å²) in [5.41, 5.74) is 6.49. The molecule has 0 radical (unpaired) electrons. The van der Waals surface area contributed by atoms with Crippen molar-refractivity contribution in [1.29, 1.82) is 0 Å². The topological polar surface area (TPSA) is 12.0 Å². The molecule has 0 aromatic heterocycles. The molecule has 0 amide bonds. The number of allylic oxidation sites excluding steroid dienone is 4. The minimum absolute atomic E-state index is 0.517. The van der Waals surface area contributed by atoms with Gasteiger partial charge in [0.05, 0.1) is 0 Å². The van der Waals surface area contributed by atoms with E-state index >= 15 is 0 Å². The molecule has 0 saturated carbocycles. The van der Waals surface area contributed by atoms with Crippen LogP contribution in [0.3, 0.4) is 0 Å². The molecule has 0 saturated heterocycles. The largest absolute Gasteiger partial charge is 0.382 e. The average molecular weight is 346 g/mol. The predicted octanol–water partition coefficient (Wildman–Crippen LogP) is 7.32. The van der Waals surface area contributed by atoms with E-state index in [0.29, 0.717) is 12.0 Å². The lowest BCUT2D eigenvalue weighted by molar-refractivity contribution is 0.458. The number of nitrogens with one attached hydrogen (secondary N) is 1. The SMILES string of the molecule is CCC(C)C(CC)Nc1ccc(C2=CCCC=C2)c(-c2ccccc2)c1. The van der Waals surface area contributed by atoms with Gasteiger partial charge in [0.1, 0.15) is 0 Å². The lowest BCUT2D eigenvalue weighted by Crippen LogP contribution is -2.26. The molecule has 1 N–H and O–H groups in total. The van der Waals surface area contributed by atoms with Gasteiger partial charge in [0.25, 0.3) is 0 Å². The highest BCUT2D eigenvalue weighted by Gasteiger charge is 2.15. The Labute approximate surface area is 158 Å². The normalized spacial score (nSPS) is 16.0. The molecule has 2 aromatic carbocycles. The maximum atomic E-state index is 3.78. The van der Waals surface area contributed by atoms with Gasteiger partial charge in [-0.15, -0.1) is 0 Å². The third-order valence-corrected chi connectivity index (χ3v) is 5.53. The maximum absolute atomic E-state index is 3.78. The zero-order valence-electron chi connectivity index (χ0n) is 16.3. The van der Waals surface area contributed by atoms with Crippen LogP contribution in [0.25, 0.3) is 16.7 Å². The summed E-state index contributed by atoms with van der Waals surface area (Å²) in [6.45, 7) is 6.88. The van der Waals surface area contributed by atoms with Gasteiger partial charge in [0.2, 0.25) is 0 Å². The van der Waals surface area contributed by atoms with Crippen molar-refractivity contribution in [3.63, 3.8) is 0 Å². The van der Waals surface area contributed by atoms with E-state index in [1.54, 1.807) is 0 Å². The van der Waals surface area contributed by atoms with Crippen LogP contribution < -0.4 is 5.32 Å². The van der Waals surface area contributed by atoms with Crippen molar-refractivity contribution in [3.05, 3.63) is 72.3 Å². The van der Waals surface area contributed by atoms with Crippen LogP contribution in [0.1, 0.15) is 52.0 Å². The van der Waals surface area contributed by atoms with Crippen molar-refractivity contribution in [1.82, 2.24) is 0 Å². The Hall–Kier alpha value is -2.28. The van der Waals surface area contributed by atoms with Crippen molar-refractivity contribution in [2.75, 3.05) is 5.32 Å². The van der Waals surface area contributed by atoms with Crippen LogP contribution in [0.15, 0.2) is 66.8 Å². The number of rotatable bonds is 7. The highest BCUT2D eigenvalue weighted by molar-refractivity contribution is 5.87. The summed E-state index contributed by atoms with van der Waals surface area (Å²) < 4.78 is 0. The first-order valence-electron chi connectivity index (χ1n) is 10.1. The molecule has 0 fully saturated rings. The van der Waals surface area contributed by atoms with Crippen LogP contribution in [0, 0.1) is 5.92 Å². The van der Waals surface area contributed by atoms with Crippen LogP contribution >= 0.6 is 0 Å². The molecule has 1 heteroatoms. The molecule has 2 unspecified atom stereocenters. The Morgan fingerprint density at radius 3 is 2.38 bits per heavy atom. The third-order valence-electron chi connectivity index (χ3n) is 5.53. The predicted molar refractivity (Wildman–Crippen MR) is 115 cm³/mol. The summed E-state index contributed by atoms with van der Waals surface area (Å²) in [4.78, 5) is 0. The van der Waals surface area contributed by atoms with Gasteiger partial charge in [0.15, 0.2) is 0 Å². The summed E-state index contributed by atoms with van der Waals surface area (Å²) in [6.07, 6.45) is 11.5. The second kappa shape index (κ2) is 8.89. The Balaban J connectivity index is 1.99. The highest BCUT2D eigenvalue weighted by Crippen LogP contribution is 2.34. The Morgan fingerprint density at radius 1 is 0.923 bits per heavy atom. The van der Waals surface area contributed by atoms with Gasteiger partial charge < -0.3 is 5.32 Å². The number of benzene rings is 2. The van der Waals surface area contributed by atoms with Gasteiger partial charge in [0, 0.05) is 11.7 Å². The van der Waals surface area contributed by atoms with Gasteiger partial charge in [-0.05, 0) is 59.6 Å². The average Bonchev–Trinajstić information content (AvgIpc) is 2.72. The summed E-state index contributed by atoms with van der Waals surface area (Å²) >= 11 is 0. The summed E-state index contributed by atoms with van der Waals surface area (Å²) in [5, 5.41) is 3.78. The maximum Gasteiger partial charge on any atom is 0.0349 e. The first kappa shape index (κ1) is 18.5. The zero-order valence-corrected chi connectivity index (χ0v) is 16.3. The van der Waals surface area contributed by atoms with E-state index in [9.17, 15) is 0 Å². The Morgan fingerprint density at radius 2 is 1.73 bits per heavy atom. The first-order valence-corrected chi connectivity index (χ1v) is 10.1. The van der Waals surface area contributed by atoms with E-state index in [4.69, 9.17) is 0 Å². The van der Waals surface area contributed by atoms with Crippen LogP contribution in [-0.4, -0.2) is 6.04 Å². The van der Waals surface area contributed by atoms with E-state index in [-0.39, 0.29) is 0 Å². The summed E-state index contributed by atoms with van der Waals surface area (Å²) in [7, 11) is 0. The van der Waals surface area contributed by atoms with Crippen LogP contribution in [0.4, 0.5) is 5.69 Å². The quantitative estimate of drug-likeness (QED) is 0.554. The number of hydrogen-bond donors (Lipinski definition) is 1. The molecule has 1 nitrogen and oxygen atoms in total. The molecular weight excluding hydrogens is 314 g/mol. The number of hydrogen-bond acceptors (Lipinski definition) is 1. The molecule has 0 bridgehead atoms. The first-order chi connectivity index (χ1) is 12.7. The van der Waals surface area contributed by atoms with Crippen LogP contribution in [-0.2, 0) is 0 Å². The molecule has 1 aliphatic rings. The lowest BCUT2D eigenvalue weighted by atomic mass is 9.91. The van der Waals surface area contributed by atoms with Gasteiger partial charge in [-0.25, -0.2) is 0 Å². The van der Waals surface area contributed by atoms with Crippen molar-refractivity contribution < 1.29 is 0 Å². The van der Waals surface area contributed by atoms with E-state index < -0.39 is 0 Å². The lowest BCUT2D eigenvalue weighted by Gasteiger charge is -2.25. The van der Waals surface area contributed by atoms with Gasteiger partial charge >= 0.3 is 0 Å². The minimum atomic E-state index is 0.517. The molecule has 0 aliphatic heterocycles. The fraction of sp³-hybridized carbons (Fsp3) is 0.360. The third kappa shape index (κ3) is 4.27. The molecule has 0 spiro atoms.